The monoisotopic (exact) mass is 431 g/mol. The van der Waals surface area contributed by atoms with Crippen LogP contribution in [0.5, 0.6) is 11.5 Å². The molecule has 2 aromatic carbocycles. The highest BCUT2D eigenvalue weighted by Crippen LogP contribution is 2.38. The topological polar surface area (TPSA) is 91.2 Å². The second kappa shape index (κ2) is 8.66. The number of carbonyl (C=O) groups excluding carboxylic acids is 1. The molecule has 0 spiro atoms. The van der Waals surface area contributed by atoms with E-state index in [-0.39, 0.29) is 24.7 Å². The summed E-state index contributed by atoms with van der Waals surface area (Å²) in [6.07, 6.45) is 0.234. The highest BCUT2D eigenvalue weighted by molar-refractivity contribution is 6.32. The van der Waals surface area contributed by atoms with Gasteiger partial charge in [-0.15, -0.1) is 5.10 Å². The molecule has 1 aliphatic rings. The van der Waals surface area contributed by atoms with Gasteiger partial charge in [-0.1, -0.05) is 23.7 Å². The van der Waals surface area contributed by atoms with Gasteiger partial charge in [0.25, 0.3) is 0 Å². The van der Waals surface area contributed by atoms with Crippen LogP contribution in [0.25, 0.3) is 0 Å². The number of nitrogens with one attached hydrogen (secondary N) is 1. The van der Waals surface area contributed by atoms with E-state index in [9.17, 15) is 9.18 Å². The minimum absolute atomic E-state index is 0.218. The molecule has 1 atom stereocenters. The average Bonchev–Trinajstić information content (AvgIpc) is 3.16. The third kappa shape index (κ3) is 4.35. The van der Waals surface area contributed by atoms with Crippen molar-refractivity contribution < 1.29 is 18.7 Å². The van der Waals surface area contributed by atoms with Crippen LogP contribution >= 0.6 is 11.6 Å². The Balaban J connectivity index is 1.52. The number of aromatic nitrogens is 4. The number of benzene rings is 2. The van der Waals surface area contributed by atoms with Crippen molar-refractivity contribution in [1.29, 1.82) is 0 Å². The molecule has 1 aliphatic heterocycles. The van der Waals surface area contributed by atoms with Gasteiger partial charge in [0.15, 0.2) is 11.5 Å². The van der Waals surface area contributed by atoms with E-state index in [2.05, 4.69) is 20.8 Å². The maximum Gasteiger partial charge on any atom is 0.245 e. The molecule has 30 heavy (non-hydrogen) atoms. The number of tetrazole rings is 1. The number of hydrogen-bond acceptors (Lipinski definition) is 6. The number of fused-ring (bicyclic) bond motifs is 1. The fourth-order valence-electron chi connectivity index (χ4n) is 3.28. The number of halogens is 2. The van der Waals surface area contributed by atoms with Gasteiger partial charge in [-0.2, -0.15) is 0 Å². The first-order chi connectivity index (χ1) is 14.5. The molecule has 2 heterocycles. The molecular weight excluding hydrogens is 413 g/mol. The summed E-state index contributed by atoms with van der Waals surface area (Å²) >= 11 is 6.27. The number of amides is 1. The molecule has 0 fully saturated rings. The molecule has 1 unspecified atom stereocenters. The van der Waals surface area contributed by atoms with Crippen molar-refractivity contribution in [3.05, 3.63) is 64.2 Å². The number of hydrogen-bond donors (Lipinski definition) is 1. The van der Waals surface area contributed by atoms with Crippen molar-refractivity contribution in [2.45, 2.75) is 25.9 Å². The fourth-order valence-corrected chi connectivity index (χ4v) is 3.56. The zero-order chi connectivity index (χ0) is 21.1. The summed E-state index contributed by atoms with van der Waals surface area (Å²) in [5.74, 6) is 0.859. The van der Waals surface area contributed by atoms with Crippen LogP contribution in [0.1, 0.15) is 23.0 Å². The van der Waals surface area contributed by atoms with Crippen LogP contribution < -0.4 is 14.8 Å². The maximum absolute atomic E-state index is 13.6. The quantitative estimate of drug-likeness (QED) is 0.645. The van der Waals surface area contributed by atoms with Crippen molar-refractivity contribution in [3.8, 4) is 11.5 Å². The van der Waals surface area contributed by atoms with Crippen LogP contribution in [-0.4, -0.2) is 39.3 Å². The van der Waals surface area contributed by atoms with Gasteiger partial charge < -0.3 is 14.8 Å². The average molecular weight is 432 g/mol. The van der Waals surface area contributed by atoms with E-state index in [1.165, 1.54) is 16.8 Å². The van der Waals surface area contributed by atoms with Gasteiger partial charge >= 0.3 is 0 Å². The molecule has 0 aliphatic carbocycles. The lowest BCUT2D eigenvalue weighted by Crippen LogP contribution is -2.34. The number of carbonyl (C=O) groups is 1. The Labute approximate surface area is 176 Å². The standard InChI is InChI=1S/C20H19ClFN5O3/c1-12-24-25-26-27(12)17(9-13-3-2-4-15(22)7-13)20(28)23-11-14-8-16(21)19-18(10-14)29-5-6-30-19/h2-4,7-8,10,17H,5-6,9,11H2,1H3,(H,23,28). The third-order valence-electron chi connectivity index (χ3n) is 4.70. The summed E-state index contributed by atoms with van der Waals surface area (Å²) in [7, 11) is 0. The molecule has 156 valence electrons. The second-order valence-electron chi connectivity index (χ2n) is 6.84. The Kier molecular flexibility index (Phi) is 5.80. The Hall–Kier alpha value is -3.20. The van der Waals surface area contributed by atoms with E-state index < -0.39 is 6.04 Å². The molecule has 4 rings (SSSR count). The molecule has 8 nitrogen and oxygen atoms in total. The number of nitrogens with zero attached hydrogens (tertiary/aromatic N) is 4. The molecule has 0 radical (unpaired) electrons. The Bertz CT molecular complexity index is 1070. The Morgan fingerprint density at radius 2 is 2.10 bits per heavy atom. The van der Waals surface area contributed by atoms with E-state index in [1.54, 1.807) is 31.2 Å². The summed E-state index contributed by atoms with van der Waals surface area (Å²) in [5, 5.41) is 14.7. The predicted octanol–water partition coefficient (Wildman–Crippen LogP) is 2.65. The van der Waals surface area contributed by atoms with Gasteiger partial charge in [-0.25, -0.2) is 9.07 Å². The SMILES string of the molecule is Cc1nnnn1C(Cc1cccc(F)c1)C(=O)NCc1cc(Cl)c2c(c1)OCCO2. The Morgan fingerprint density at radius 1 is 1.27 bits per heavy atom. The second-order valence-corrected chi connectivity index (χ2v) is 7.25. The highest BCUT2D eigenvalue weighted by Gasteiger charge is 2.25. The van der Waals surface area contributed by atoms with Gasteiger partial charge in [0, 0.05) is 13.0 Å². The van der Waals surface area contributed by atoms with Crippen LogP contribution in [0.15, 0.2) is 36.4 Å². The lowest BCUT2D eigenvalue weighted by atomic mass is 10.0. The number of ether oxygens (including phenoxy) is 2. The lowest BCUT2D eigenvalue weighted by molar-refractivity contribution is -0.124. The van der Waals surface area contributed by atoms with Crippen molar-refractivity contribution in [2.24, 2.45) is 0 Å². The molecule has 1 amide bonds. The summed E-state index contributed by atoms with van der Waals surface area (Å²) in [4.78, 5) is 13.0. The molecule has 0 saturated carbocycles. The number of rotatable bonds is 6. The van der Waals surface area contributed by atoms with E-state index >= 15 is 0 Å². The van der Waals surface area contributed by atoms with Gasteiger partial charge in [0.2, 0.25) is 5.91 Å². The number of aryl methyl sites for hydroxylation is 1. The van der Waals surface area contributed by atoms with Crippen molar-refractivity contribution in [2.75, 3.05) is 13.2 Å². The third-order valence-corrected chi connectivity index (χ3v) is 4.98. The molecule has 0 saturated heterocycles. The smallest absolute Gasteiger partial charge is 0.245 e. The van der Waals surface area contributed by atoms with E-state index in [0.29, 0.717) is 41.1 Å². The van der Waals surface area contributed by atoms with E-state index in [1.807, 2.05) is 0 Å². The van der Waals surface area contributed by atoms with E-state index in [0.717, 1.165) is 5.56 Å². The first kappa shape index (κ1) is 20.1. The zero-order valence-corrected chi connectivity index (χ0v) is 16.9. The molecule has 10 heteroatoms. The molecule has 1 N–H and O–H groups in total. The van der Waals surface area contributed by atoms with Crippen LogP contribution in [0.4, 0.5) is 4.39 Å². The van der Waals surface area contributed by atoms with Gasteiger partial charge in [-0.3, -0.25) is 4.79 Å². The lowest BCUT2D eigenvalue weighted by Gasteiger charge is -2.21. The summed E-state index contributed by atoms with van der Waals surface area (Å²) in [6, 6.07) is 8.86. The summed E-state index contributed by atoms with van der Waals surface area (Å²) in [6.45, 7) is 2.80. The van der Waals surface area contributed by atoms with Crippen LogP contribution in [0, 0.1) is 12.7 Å². The molecule has 0 bridgehead atoms. The highest BCUT2D eigenvalue weighted by atomic mass is 35.5. The van der Waals surface area contributed by atoms with Crippen molar-refractivity contribution >= 4 is 17.5 Å². The minimum Gasteiger partial charge on any atom is -0.486 e. The van der Waals surface area contributed by atoms with Crippen LogP contribution in [0.2, 0.25) is 5.02 Å². The molecular formula is C20H19ClFN5O3. The normalized spacial score (nSPS) is 13.7. The zero-order valence-electron chi connectivity index (χ0n) is 16.1. The van der Waals surface area contributed by atoms with Crippen molar-refractivity contribution in [1.82, 2.24) is 25.5 Å². The first-order valence-corrected chi connectivity index (χ1v) is 9.73. The first-order valence-electron chi connectivity index (χ1n) is 9.36. The minimum atomic E-state index is -0.741. The van der Waals surface area contributed by atoms with Gasteiger partial charge in [0.05, 0.1) is 5.02 Å². The van der Waals surface area contributed by atoms with E-state index in [4.69, 9.17) is 21.1 Å². The maximum atomic E-state index is 13.6. The van der Waals surface area contributed by atoms with Gasteiger partial charge in [0.1, 0.15) is 30.9 Å². The summed E-state index contributed by atoms with van der Waals surface area (Å²) < 4.78 is 26.1. The molecule has 1 aromatic heterocycles. The van der Waals surface area contributed by atoms with Gasteiger partial charge in [-0.05, 0) is 52.7 Å². The predicted molar refractivity (Wildman–Crippen MR) is 106 cm³/mol. The van der Waals surface area contributed by atoms with Crippen LogP contribution in [-0.2, 0) is 17.8 Å². The van der Waals surface area contributed by atoms with Crippen molar-refractivity contribution in [3.63, 3.8) is 0 Å². The molecule has 3 aromatic rings. The van der Waals surface area contributed by atoms with Crippen LogP contribution in [0.3, 0.4) is 0 Å². The summed E-state index contributed by atoms with van der Waals surface area (Å²) in [5.41, 5.74) is 1.42. The fraction of sp³-hybridized carbons (Fsp3) is 0.300. The largest absolute Gasteiger partial charge is 0.486 e. The Morgan fingerprint density at radius 3 is 2.87 bits per heavy atom.